The van der Waals surface area contributed by atoms with Crippen LogP contribution in [0.25, 0.3) is 22.0 Å². The molecule has 2 atom stereocenters. The van der Waals surface area contributed by atoms with Crippen LogP contribution in [0.1, 0.15) is 63.0 Å². The number of amides is 1. The van der Waals surface area contributed by atoms with Gasteiger partial charge in [0.2, 0.25) is 0 Å². The smallest absolute Gasteiger partial charge is 0.407 e. The van der Waals surface area contributed by atoms with Crippen LogP contribution in [0.4, 0.5) is 10.5 Å². The average molecular weight is 581 g/mol. The monoisotopic (exact) mass is 580 g/mol. The van der Waals surface area contributed by atoms with Crippen molar-refractivity contribution >= 4 is 28.7 Å². The molecule has 0 fully saturated rings. The third kappa shape index (κ3) is 7.75. The van der Waals surface area contributed by atoms with Gasteiger partial charge in [-0.15, -0.1) is 0 Å². The molecule has 0 saturated heterocycles. The molecular weight excluding hydrogens is 540 g/mol. The maximum absolute atomic E-state index is 12.9. The van der Waals surface area contributed by atoms with Crippen LogP contribution < -0.4 is 10.6 Å². The highest BCUT2D eigenvalue weighted by Crippen LogP contribution is 2.30. The van der Waals surface area contributed by atoms with E-state index in [-0.39, 0.29) is 11.0 Å². The number of carbonyl (C=O) groups is 2. The summed E-state index contributed by atoms with van der Waals surface area (Å²) in [5.74, 6) is -0.541. The minimum Gasteiger partial charge on any atom is -0.465 e. The lowest BCUT2D eigenvalue weighted by Gasteiger charge is -2.27. The molecule has 0 bridgehead atoms. The van der Waals surface area contributed by atoms with E-state index in [9.17, 15) is 14.9 Å². The number of esters is 1. The molecule has 0 aliphatic rings. The van der Waals surface area contributed by atoms with Gasteiger partial charge in [0, 0.05) is 22.8 Å². The number of ether oxygens (including phenoxy) is 2. The van der Waals surface area contributed by atoms with Crippen LogP contribution in [0, 0.1) is 11.3 Å². The van der Waals surface area contributed by atoms with Crippen LogP contribution in [0.15, 0.2) is 72.9 Å². The molecule has 0 spiro atoms. The first kappa shape index (κ1) is 31.2. The van der Waals surface area contributed by atoms with Gasteiger partial charge in [0.15, 0.2) is 0 Å². The fourth-order valence-corrected chi connectivity index (χ4v) is 4.93. The van der Waals surface area contributed by atoms with Gasteiger partial charge in [-0.05, 0) is 73.1 Å². The van der Waals surface area contributed by atoms with E-state index < -0.39 is 29.7 Å². The van der Waals surface area contributed by atoms with Crippen molar-refractivity contribution in [3.63, 3.8) is 0 Å². The van der Waals surface area contributed by atoms with Gasteiger partial charge in [-0.3, -0.25) is 0 Å². The van der Waals surface area contributed by atoms with Gasteiger partial charge < -0.3 is 25.1 Å². The Morgan fingerprint density at radius 2 is 1.63 bits per heavy atom. The molecule has 4 rings (SSSR count). The summed E-state index contributed by atoms with van der Waals surface area (Å²) in [6.07, 6.45) is 1.57. The van der Waals surface area contributed by atoms with Gasteiger partial charge >= 0.3 is 12.1 Å². The van der Waals surface area contributed by atoms with E-state index in [1.165, 1.54) is 12.7 Å². The number of alkyl carbamates (subject to hydrolysis) is 1. The Morgan fingerprint density at radius 1 is 0.953 bits per heavy atom. The molecule has 43 heavy (non-hydrogen) atoms. The number of anilines is 1. The van der Waals surface area contributed by atoms with Crippen molar-refractivity contribution < 1.29 is 19.1 Å². The van der Waals surface area contributed by atoms with E-state index in [2.05, 4.69) is 54.6 Å². The first-order chi connectivity index (χ1) is 20.3. The molecule has 3 aromatic carbocycles. The average Bonchev–Trinajstić information content (AvgIpc) is 3.36. The summed E-state index contributed by atoms with van der Waals surface area (Å²) in [5.41, 5.74) is 4.88. The Labute approximate surface area is 253 Å². The third-order valence-electron chi connectivity index (χ3n) is 7.18. The number of methoxy groups -OCH3 is 1. The summed E-state index contributed by atoms with van der Waals surface area (Å²) >= 11 is 0. The second-order valence-corrected chi connectivity index (χ2v) is 12.6. The van der Waals surface area contributed by atoms with Crippen molar-refractivity contribution in [3.8, 4) is 17.2 Å². The number of hydrogen-bond acceptors (Lipinski definition) is 6. The Hall–Kier alpha value is -4.77. The van der Waals surface area contributed by atoms with Crippen LogP contribution in [-0.4, -0.2) is 41.8 Å². The van der Waals surface area contributed by atoms with Gasteiger partial charge in [-0.2, -0.15) is 5.26 Å². The maximum atomic E-state index is 12.9. The molecule has 224 valence electrons. The van der Waals surface area contributed by atoms with Gasteiger partial charge in [-0.25, -0.2) is 9.59 Å². The fourth-order valence-electron chi connectivity index (χ4n) is 4.93. The number of nitrogens with zero attached hydrogens (tertiary/aromatic N) is 1. The van der Waals surface area contributed by atoms with E-state index in [0.717, 1.165) is 27.6 Å². The fraction of sp³-hybridized carbons (Fsp3) is 0.343. The summed E-state index contributed by atoms with van der Waals surface area (Å²) in [6.45, 7) is 11.8. The molecule has 1 heterocycles. The number of aromatic amines is 1. The predicted molar refractivity (Wildman–Crippen MR) is 170 cm³/mol. The van der Waals surface area contributed by atoms with Gasteiger partial charge in [-0.1, -0.05) is 69.3 Å². The predicted octanol–water partition coefficient (Wildman–Crippen LogP) is 7.36. The van der Waals surface area contributed by atoms with E-state index in [0.29, 0.717) is 12.1 Å². The first-order valence-corrected chi connectivity index (χ1v) is 14.3. The summed E-state index contributed by atoms with van der Waals surface area (Å²) in [4.78, 5) is 29.1. The Balaban J connectivity index is 1.67. The molecule has 1 amide bonds. The highest BCUT2D eigenvalue weighted by molar-refractivity contribution is 5.97. The molecule has 3 N–H and O–H groups in total. The quantitative estimate of drug-likeness (QED) is 0.188. The molecular formula is C35H40N4O4. The molecule has 1 aromatic heterocycles. The largest absolute Gasteiger partial charge is 0.465 e. The minimum atomic E-state index is -0.915. The number of nitriles is 1. The summed E-state index contributed by atoms with van der Waals surface area (Å²) in [7, 11) is 1.32. The summed E-state index contributed by atoms with van der Waals surface area (Å²) < 4.78 is 10.6. The third-order valence-corrected chi connectivity index (χ3v) is 7.18. The Kier molecular flexibility index (Phi) is 9.15. The molecule has 0 aliphatic heterocycles. The number of aromatic nitrogens is 1. The summed E-state index contributed by atoms with van der Waals surface area (Å²) in [6, 6.07) is 22.2. The van der Waals surface area contributed by atoms with Crippen molar-refractivity contribution in [1.29, 1.82) is 5.26 Å². The standard InChI is InChI=1S/C35H40N4O4/c1-34(2,3)25-15-12-22(13-16-25)23-14-17-29(27(18-23)32(40)42-7)38-31(20-36)30(39-33(41)43-35(4,5)6)19-24-21-37-28-11-9-8-10-26(24)28/h8-18,21,30-31,37-38H,19H2,1-7H3,(H,39,41). The summed E-state index contributed by atoms with van der Waals surface area (Å²) in [5, 5.41) is 17.4. The van der Waals surface area contributed by atoms with Crippen LogP contribution in [0.5, 0.6) is 0 Å². The topological polar surface area (TPSA) is 116 Å². The van der Waals surface area contributed by atoms with E-state index in [1.54, 1.807) is 32.9 Å². The zero-order valence-electron chi connectivity index (χ0n) is 25.9. The molecule has 2 unspecified atom stereocenters. The highest BCUT2D eigenvalue weighted by Gasteiger charge is 2.29. The maximum Gasteiger partial charge on any atom is 0.407 e. The molecule has 0 saturated carbocycles. The number of rotatable bonds is 8. The van der Waals surface area contributed by atoms with Crippen LogP contribution in [0.2, 0.25) is 0 Å². The van der Waals surface area contributed by atoms with Crippen molar-refractivity contribution in [3.05, 3.63) is 89.6 Å². The van der Waals surface area contributed by atoms with E-state index >= 15 is 0 Å². The lowest BCUT2D eigenvalue weighted by Crippen LogP contribution is -2.49. The van der Waals surface area contributed by atoms with Crippen LogP contribution >= 0.6 is 0 Å². The molecule has 4 aromatic rings. The SMILES string of the molecule is COC(=O)c1cc(-c2ccc(C(C)(C)C)cc2)ccc1NC(C#N)C(Cc1c[nH]c2ccccc12)NC(=O)OC(C)(C)C. The number of para-hydroxylation sites is 1. The lowest BCUT2D eigenvalue weighted by molar-refractivity contribution is 0.0501. The van der Waals surface area contributed by atoms with Gasteiger partial charge in [0.25, 0.3) is 0 Å². The number of H-pyrrole nitrogens is 1. The Morgan fingerprint density at radius 3 is 2.26 bits per heavy atom. The number of carbonyl (C=O) groups excluding carboxylic acids is 2. The minimum absolute atomic E-state index is 0.0202. The van der Waals surface area contributed by atoms with E-state index in [1.807, 2.05) is 48.7 Å². The van der Waals surface area contributed by atoms with E-state index in [4.69, 9.17) is 9.47 Å². The molecule has 8 nitrogen and oxygen atoms in total. The zero-order chi connectivity index (χ0) is 31.4. The molecule has 0 radical (unpaired) electrons. The highest BCUT2D eigenvalue weighted by atomic mass is 16.6. The number of benzene rings is 3. The van der Waals surface area contributed by atoms with Gasteiger partial charge in [0.05, 0.1) is 24.8 Å². The first-order valence-electron chi connectivity index (χ1n) is 14.3. The zero-order valence-corrected chi connectivity index (χ0v) is 25.9. The lowest BCUT2D eigenvalue weighted by atomic mass is 9.86. The van der Waals surface area contributed by atoms with Crippen LogP contribution in [0.3, 0.4) is 0 Å². The second-order valence-electron chi connectivity index (χ2n) is 12.6. The normalized spacial score (nSPS) is 13.1. The molecule has 8 heteroatoms. The van der Waals surface area contributed by atoms with Crippen molar-refractivity contribution in [2.45, 2.75) is 71.1 Å². The number of fused-ring (bicyclic) bond motifs is 1. The second kappa shape index (κ2) is 12.6. The van der Waals surface area contributed by atoms with Crippen molar-refractivity contribution in [2.24, 2.45) is 0 Å². The van der Waals surface area contributed by atoms with Crippen molar-refractivity contribution in [1.82, 2.24) is 10.3 Å². The van der Waals surface area contributed by atoms with Crippen LogP contribution in [-0.2, 0) is 21.3 Å². The van der Waals surface area contributed by atoms with Gasteiger partial charge in [0.1, 0.15) is 11.6 Å². The number of nitrogens with one attached hydrogen (secondary N) is 3. The Bertz CT molecular complexity index is 1640. The van der Waals surface area contributed by atoms with Crippen molar-refractivity contribution in [2.75, 3.05) is 12.4 Å². The molecule has 0 aliphatic carbocycles. The number of hydrogen-bond donors (Lipinski definition) is 3.